The molecule has 30 heavy (non-hydrogen) atoms. The Hall–Kier alpha value is -3.32. The molecular weight excluding hydrogens is 386 g/mol. The van der Waals surface area contributed by atoms with E-state index in [1.807, 2.05) is 0 Å². The van der Waals surface area contributed by atoms with E-state index in [9.17, 15) is 14.7 Å². The van der Waals surface area contributed by atoms with Crippen LogP contribution >= 0.6 is 0 Å². The van der Waals surface area contributed by atoms with Crippen LogP contribution in [-0.2, 0) is 14.3 Å². The Morgan fingerprint density at radius 1 is 1.07 bits per heavy atom. The summed E-state index contributed by atoms with van der Waals surface area (Å²) in [5.74, 6) is -0.509. The van der Waals surface area contributed by atoms with Crippen molar-refractivity contribution in [2.24, 2.45) is 0 Å². The highest BCUT2D eigenvalue weighted by atomic mass is 16.5. The maximum absolute atomic E-state index is 13.0. The lowest BCUT2D eigenvalue weighted by atomic mass is 9.93. The number of aryl methyl sites for hydroxylation is 1. The van der Waals surface area contributed by atoms with Crippen LogP contribution in [0.5, 0.6) is 11.5 Å². The van der Waals surface area contributed by atoms with Gasteiger partial charge in [-0.1, -0.05) is 18.2 Å². The number of aliphatic hydroxyl groups is 1. The lowest BCUT2D eigenvalue weighted by Crippen LogP contribution is -2.32. The number of carbonyl (C=O) groups excluding carboxylic acids is 2. The van der Waals surface area contributed by atoms with Crippen molar-refractivity contribution < 1.29 is 28.9 Å². The second-order valence-corrected chi connectivity index (χ2v) is 6.91. The molecule has 2 aromatic rings. The normalized spacial score (nSPS) is 18.0. The summed E-state index contributed by atoms with van der Waals surface area (Å²) in [5, 5.41) is 11.2. The lowest BCUT2D eigenvalue weighted by Gasteiger charge is -2.26. The molecule has 0 bridgehead atoms. The molecule has 1 saturated heterocycles. The number of methoxy groups -OCH3 is 3. The first kappa shape index (κ1) is 21.4. The SMILES string of the molecule is COCCN1C(=O)C(=O)/C(=C(/O)c2ccc(OC)cc2C)C1c1ccccc1OC. The van der Waals surface area contributed by atoms with Gasteiger partial charge in [0.15, 0.2) is 0 Å². The van der Waals surface area contributed by atoms with Gasteiger partial charge in [0.2, 0.25) is 0 Å². The Balaban J connectivity index is 2.22. The Labute approximate surface area is 175 Å². The molecule has 158 valence electrons. The van der Waals surface area contributed by atoms with Gasteiger partial charge >= 0.3 is 0 Å². The van der Waals surface area contributed by atoms with Crippen LogP contribution in [0.15, 0.2) is 48.0 Å². The minimum absolute atomic E-state index is 0.0221. The number of nitrogens with zero attached hydrogens (tertiary/aromatic N) is 1. The number of benzene rings is 2. The number of ketones is 1. The standard InChI is InChI=1S/C23H25NO6/c1-14-13-15(29-3)9-10-16(14)21(25)19-20(17-7-5-6-8-18(17)30-4)24(11-12-28-2)23(27)22(19)26/h5-10,13,20,25H,11-12H2,1-4H3/b21-19+. The van der Waals surface area contributed by atoms with E-state index in [1.54, 1.807) is 56.5 Å². The minimum Gasteiger partial charge on any atom is -0.507 e. The van der Waals surface area contributed by atoms with Gasteiger partial charge in [-0.15, -0.1) is 0 Å². The largest absolute Gasteiger partial charge is 0.507 e. The molecule has 0 aliphatic carbocycles. The minimum atomic E-state index is -0.794. The van der Waals surface area contributed by atoms with E-state index in [0.717, 1.165) is 0 Å². The molecule has 0 aromatic heterocycles. The molecule has 1 N–H and O–H groups in total. The molecule has 1 unspecified atom stereocenters. The molecule has 3 rings (SSSR count). The molecule has 0 radical (unpaired) electrons. The quantitative estimate of drug-likeness (QED) is 0.428. The Morgan fingerprint density at radius 2 is 1.80 bits per heavy atom. The number of rotatable bonds is 7. The molecule has 1 aliphatic heterocycles. The number of hydrogen-bond donors (Lipinski definition) is 1. The van der Waals surface area contributed by atoms with Gasteiger partial charge in [-0.25, -0.2) is 0 Å². The van der Waals surface area contributed by atoms with Crippen molar-refractivity contribution in [1.29, 1.82) is 0 Å². The Bertz CT molecular complexity index is 997. The van der Waals surface area contributed by atoms with Gasteiger partial charge in [-0.3, -0.25) is 9.59 Å². The molecule has 1 atom stereocenters. The van der Waals surface area contributed by atoms with E-state index in [1.165, 1.54) is 19.1 Å². The average molecular weight is 411 g/mol. The van der Waals surface area contributed by atoms with E-state index < -0.39 is 17.7 Å². The van der Waals surface area contributed by atoms with E-state index in [0.29, 0.717) is 28.2 Å². The van der Waals surface area contributed by atoms with Gasteiger partial charge in [0, 0.05) is 24.8 Å². The van der Waals surface area contributed by atoms with Crippen LogP contribution in [-0.4, -0.2) is 56.2 Å². The highest BCUT2D eigenvalue weighted by Gasteiger charge is 2.46. The van der Waals surface area contributed by atoms with Crippen molar-refractivity contribution in [2.45, 2.75) is 13.0 Å². The topological polar surface area (TPSA) is 85.3 Å². The predicted molar refractivity (Wildman–Crippen MR) is 112 cm³/mol. The third-order valence-electron chi connectivity index (χ3n) is 5.20. The molecule has 7 heteroatoms. The third-order valence-corrected chi connectivity index (χ3v) is 5.20. The number of aliphatic hydroxyl groups excluding tert-OH is 1. The average Bonchev–Trinajstić information content (AvgIpc) is 3.01. The summed E-state index contributed by atoms with van der Waals surface area (Å²) in [6, 6.07) is 11.5. The van der Waals surface area contributed by atoms with Crippen LogP contribution < -0.4 is 9.47 Å². The highest BCUT2D eigenvalue weighted by Crippen LogP contribution is 2.42. The van der Waals surface area contributed by atoms with Crippen LogP contribution in [0.1, 0.15) is 22.7 Å². The van der Waals surface area contributed by atoms with Crippen molar-refractivity contribution in [2.75, 3.05) is 34.5 Å². The Kier molecular flexibility index (Phi) is 6.42. The fourth-order valence-corrected chi connectivity index (χ4v) is 3.69. The van der Waals surface area contributed by atoms with Gasteiger partial charge in [-0.2, -0.15) is 0 Å². The van der Waals surface area contributed by atoms with Crippen molar-refractivity contribution in [3.8, 4) is 11.5 Å². The zero-order valence-electron chi connectivity index (χ0n) is 17.5. The monoisotopic (exact) mass is 411 g/mol. The summed E-state index contributed by atoms with van der Waals surface area (Å²) >= 11 is 0. The molecular formula is C23H25NO6. The maximum atomic E-state index is 13.0. The smallest absolute Gasteiger partial charge is 0.295 e. The second-order valence-electron chi connectivity index (χ2n) is 6.91. The first-order chi connectivity index (χ1) is 14.4. The summed E-state index contributed by atoms with van der Waals surface area (Å²) in [6.07, 6.45) is 0. The summed E-state index contributed by atoms with van der Waals surface area (Å²) in [6.45, 7) is 2.25. The molecule has 1 aliphatic rings. The number of ether oxygens (including phenoxy) is 3. The van der Waals surface area contributed by atoms with Crippen LogP contribution in [0, 0.1) is 6.92 Å². The third kappa shape index (κ3) is 3.76. The van der Waals surface area contributed by atoms with Crippen LogP contribution in [0.4, 0.5) is 0 Å². The number of likely N-dealkylation sites (tertiary alicyclic amines) is 1. The van der Waals surface area contributed by atoms with Gasteiger partial charge in [0.1, 0.15) is 17.3 Å². The fourth-order valence-electron chi connectivity index (χ4n) is 3.69. The lowest BCUT2D eigenvalue weighted by molar-refractivity contribution is -0.140. The Morgan fingerprint density at radius 3 is 2.43 bits per heavy atom. The summed E-state index contributed by atoms with van der Waals surface area (Å²) < 4.78 is 15.8. The molecule has 1 fully saturated rings. The number of para-hydroxylation sites is 1. The maximum Gasteiger partial charge on any atom is 0.295 e. The van der Waals surface area contributed by atoms with Crippen LogP contribution in [0.2, 0.25) is 0 Å². The number of hydrogen-bond acceptors (Lipinski definition) is 6. The van der Waals surface area contributed by atoms with Gasteiger partial charge in [0.25, 0.3) is 11.7 Å². The summed E-state index contributed by atoms with van der Waals surface area (Å²) in [4.78, 5) is 27.2. The van der Waals surface area contributed by atoms with E-state index in [2.05, 4.69) is 0 Å². The van der Waals surface area contributed by atoms with Crippen molar-refractivity contribution in [1.82, 2.24) is 4.90 Å². The van der Waals surface area contributed by atoms with Crippen molar-refractivity contribution >= 4 is 17.4 Å². The fraction of sp³-hybridized carbons (Fsp3) is 0.304. The van der Waals surface area contributed by atoms with Crippen molar-refractivity contribution in [3.63, 3.8) is 0 Å². The molecule has 0 spiro atoms. The molecule has 1 amide bonds. The molecule has 7 nitrogen and oxygen atoms in total. The van der Waals surface area contributed by atoms with Crippen LogP contribution in [0.3, 0.4) is 0 Å². The predicted octanol–water partition coefficient (Wildman–Crippen LogP) is 3.08. The zero-order chi connectivity index (χ0) is 21.8. The number of carbonyl (C=O) groups is 2. The first-order valence-corrected chi connectivity index (χ1v) is 9.49. The summed E-state index contributed by atoms with van der Waals surface area (Å²) in [7, 11) is 4.60. The number of Topliss-reactive ketones (excluding diaryl/α,β-unsaturated/α-hetero) is 1. The van der Waals surface area contributed by atoms with Crippen molar-refractivity contribution in [3.05, 3.63) is 64.7 Å². The highest BCUT2D eigenvalue weighted by molar-refractivity contribution is 6.46. The molecule has 2 aromatic carbocycles. The molecule has 0 saturated carbocycles. The van der Waals surface area contributed by atoms with E-state index in [-0.39, 0.29) is 24.5 Å². The van der Waals surface area contributed by atoms with Crippen LogP contribution in [0.25, 0.3) is 5.76 Å². The van der Waals surface area contributed by atoms with E-state index >= 15 is 0 Å². The van der Waals surface area contributed by atoms with Gasteiger partial charge < -0.3 is 24.2 Å². The van der Waals surface area contributed by atoms with Gasteiger partial charge in [-0.05, 0) is 36.8 Å². The van der Waals surface area contributed by atoms with E-state index in [4.69, 9.17) is 14.2 Å². The van der Waals surface area contributed by atoms with Gasteiger partial charge in [0.05, 0.1) is 32.4 Å². The molecule has 1 heterocycles. The first-order valence-electron chi connectivity index (χ1n) is 9.49. The number of amides is 1. The summed E-state index contributed by atoms with van der Waals surface area (Å²) in [5.41, 5.74) is 1.81. The second kappa shape index (κ2) is 9.00. The zero-order valence-corrected chi connectivity index (χ0v) is 17.5.